The molecule has 4 rings (SSSR count). The molecular formula is C22H22N2O7S. The lowest BCUT2D eigenvalue weighted by Crippen LogP contribution is -2.42. The first-order valence-corrected chi connectivity index (χ1v) is 11.6. The first kappa shape index (κ1) is 22.0. The van der Waals surface area contributed by atoms with Gasteiger partial charge in [0.2, 0.25) is 10.0 Å². The van der Waals surface area contributed by atoms with Gasteiger partial charge >= 0.3 is 5.97 Å². The second kappa shape index (κ2) is 9.09. The highest BCUT2D eigenvalue weighted by Crippen LogP contribution is 2.31. The van der Waals surface area contributed by atoms with Crippen LogP contribution in [0.15, 0.2) is 53.4 Å². The summed E-state index contributed by atoms with van der Waals surface area (Å²) in [5, 5.41) is 0. The van der Waals surface area contributed by atoms with E-state index in [-0.39, 0.29) is 29.5 Å². The fourth-order valence-corrected chi connectivity index (χ4v) is 5.14. The molecule has 10 heteroatoms. The first-order valence-electron chi connectivity index (χ1n) is 10.2. The lowest BCUT2D eigenvalue weighted by Gasteiger charge is -2.28. The summed E-state index contributed by atoms with van der Waals surface area (Å²) in [4.78, 5) is 38.1. The predicted molar refractivity (Wildman–Crippen MR) is 114 cm³/mol. The molecule has 1 saturated heterocycles. The van der Waals surface area contributed by atoms with Crippen molar-refractivity contribution < 1.29 is 32.3 Å². The largest absolute Gasteiger partial charge is 0.482 e. The Morgan fingerprint density at radius 3 is 2.41 bits per heavy atom. The molecule has 0 bridgehead atoms. The Labute approximate surface area is 185 Å². The second-order valence-corrected chi connectivity index (χ2v) is 9.39. The van der Waals surface area contributed by atoms with Crippen molar-refractivity contribution >= 4 is 33.4 Å². The summed E-state index contributed by atoms with van der Waals surface area (Å²) in [6.07, 6.45) is 1.67. The van der Waals surface area contributed by atoms with Crippen molar-refractivity contribution in [3.05, 3.63) is 54.1 Å². The maximum atomic E-state index is 12.6. The minimum Gasteiger partial charge on any atom is -0.482 e. The van der Waals surface area contributed by atoms with Crippen molar-refractivity contribution in [2.24, 2.45) is 0 Å². The Kier molecular flexibility index (Phi) is 6.24. The summed E-state index contributed by atoms with van der Waals surface area (Å²) in [5.41, 5.74) is 0.688. The van der Waals surface area contributed by atoms with E-state index in [4.69, 9.17) is 9.47 Å². The van der Waals surface area contributed by atoms with E-state index >= 15 is 0 Å². The van der Waals surface area contributed by atoms with Crippen molar-refractivity contribution in [1.82, 2.24) is 4.31 Å². The number of carbonyl (C=O) groups is 3. The van der Waals surface area contributed by atoms with Gasteiger partial charge in [-0.25, -0.2) is 8.42 Å². The van der Waals surface area contributed by atoms with Gasteiger partial charge in [0.1, 0.15) is 12.3 Å². The van der Waals surface area contributed by atoms with Crippen molar-refractivity contribution in [2.75, 3.05) is 37.7 Å². The number of esters is 1. The Morgan fingerprint density at radius 2 is 1.69 bits per heavy atom. The normalized spacial score (nSPS) is 16.4. The van der Waals surface area contributed by atoms with E-state index in [1.807, 2.05) is 0 Å². The third kappa shape index (κ3) is 4.51. The lowest BCUT2D eigenvalue weighted by molar-refractivity contribution is -0.142. The molecule has 32 heavy (non-hydrogen) atoms. The van der Waals surface area contributed by atoms with Crippen LogP contribution in [0.1, 0.15) is 23.2 Å². The van der Waals surface area contributed by atoms with Crippen LogP contribution in [0, 0.1) is 0 Å². The Hall–Kier alpha value is -3.24. The van der Waals surface area contributed by atoms with Crippen molar-refractivity contribution in [3.8, 4) is 5.75 Å². The van der Waals surface area contributed by atoms with Gasteiger partial charge in [0, 0.05) is 18.7 Å². The number of amides is 1. The smallest absolute Gasteiger partial charge is 0.326 e. The van der Waals surface area contributed by atoms with Crippen molar-refractivity contribution in [1.29, 1.82) is 0 Å². The molecule has 0 N–H and O–H groups in total. The zero-order valence-electron chi connectivity index (χ0n) is 17.2. The van der Waals surface area contributed by atoms with Gasteiger partial charge in [-0.3, -0.25) is 19.3 Å². The topological polar surface area (TPSA) is 110 Å². The molecule has 0 aromatic heterocycles. The van der Waals surface area contributed by atoms with E-state index < -0.39 is 28.4 Å². The molecule has 9 nitrogen and oxygen atoms in total. The van der Waals surface area contributed by atoms with Gasteiger partial charge in [-0.05, 0) is 49.2 Å². The van der Waals surface area contributed by atoms with Crippen molar-refractivity contribution in [2.45, 2.75) is 17.7 Å². The number of sulfonamides is 1. The van der Waals surface area contributed by atoms with Gasteiger partial charge in [0.15, 0.2) is 19.0 Å². The molecule has 0 saturated carbocycles. The van der Waals surface area contributed by atoms with Gasteiger partial charge in [-0.2, -0.15) is 4.31 Å². The fraction of sp³-hybridized carbons (Fsp3) is 0.318. The number of carbonyl (C=O) groups excluding carboxylic acids is 3. The molecule has 2 aromatic rings. The number of hydrogen-bond acceptors (Lipinski definition) is 7. The number of fused-ring (bicyclic) bond motifs is 1. The summed E-state index contributed by atoms with van der Waals surface area (Å²) >= 11 is 0. The predicted octanol–water partition coefficient (Wildman–Crippen LogP) is 1.62. The van der Waals surface area contributed by atoms with E-state index in [0.29, 0.717) is 24.5 Å². The number of ether oxygens (including phenoxy) is 2. The van der Waals surface area contributed by atoms with Gasteiger partial charge in [0.25, 0.3) is 5.91 Å². The minimum absolute atomic E-state index is 0.123. The zero-order valence-corrected chi connectivity index (χ0v) is 18.0. The highest BCUT2D eigenvalue weighted by atomic mass is 32.2. The summed E-state index contributed by atoms with van der Waals surface area (Å²) in [7, 11) is -3.56. The van der Waals surface area contributed by atoms with Crippen LogP contribution in [-0.4, -0.2) is 63.2 Å². The molecule has 1 fully saturated rings. The summed E-state index contributed by atoms with van der Waals surface area (Å²) in [6.45, 7) is -0.0587. The number of anilines is 1. The average molecular weight is 458 g/mol. The number of para-hydroxylation sites is 2. The second-order valence-electron chi connectivity index (χ2n) is 7.46. The van der Waals surface area contributed by atoms with Crippen LogP contribution in [0.5, 0.6) is 5.75 Å². The Morgan fingerprint density at radius 1 is 1.00 bits per heavy atom. The molecule has 1 amide bonds. The summed E-state index contributed by atoms with van der Waals surface area (Å²) < 4.78 is 36.9. The summed E-state index contributed by atoms with van der Waals surface area (Å²) in [6, 6.07) is 12.4. The van der Waals surface area contributed by atoms with Crippen LogP contribution in [-0.2, 0) is 24.3 Å². The highest BCUT2D eigenvalue weighted by molar-refractivity contribution is 7.89. The molecule has 0 atom stereocenters. The third-order valence-electron chi connectivity index (χ3n) is 5.34. The maximum Gasteiger partial charge on any atom is 0.326 e. The van der Waals surface area contributed by atoms with E-state index in [9.17, 15) is 22.8 Å². The number of Topliss-reactive ketones (excluding diaryl/α,β-unsaturated/α-hetero) is 1. The number of ketones is 1. The SMILES string of the molecule is O=C(CN1C(=O)COc2ccccc21)OCC(=O)c1ccc(S(=O)(=O)N2CCCC2)cc1. The van der Waals surface area contributed by atoms with Crippen LogP contribution in [0.2, 0.25) is 0 Å². The molecule has 0 spiro atoms. The molecule has 168 valence electrons. The van der Waals surface area contributed by atoms with Gasteiger partial charge < -0.3 is 9.47 Å². The van der Waals surface area contributed by atoms with Gasteiger partial charge in [-0.15, -0.1) is 0 Å². The van der Waals surface area contributed by atoms with Gasteiger partial charge in [0.05, 0.1) is 10.6 Å². The standard InChI is InChI=1S/C22H22N2O7S/c25-19(16-7-9-17(10-8-16)32(28,29)23-11-3-4-12-23)14-31-22(27)13-24-18-5-1-2-6-20(18)30-15-21(24)26/h1-2,5-10H,3-4,11-15H2. The molecular weight excluding hydrogens is 436 g/mol. The lowest BCUT2D eigenvalue weighted by atomic mass is 10.1. The number of hydrogen-bond donors (Lipinski definition) is 0. The number of nitrogens with zero attached hydrogens (tertiary/aromatic N) is 2. The zero-order chi connectivity index (χ0) is 22.7. The quantitative estimate of drug-likeness (QED) is 0.458. The molecule has 0 aliphatic carbocycles. The van der Waals surface area contributed by atoms with E-state index in [2.05, 4.69) is 0 Å². The summed E-state index contributed by atoms with van der Waals surface area (Å²) in [5.74, 6) is -1.12. The molecule has 0 radical (unpaired) electrons. The van der Waals surface area contributed by atoms with Crippen LogP contribution < -0.4 is 9.64 Å². The molecule has 2 aliphatic rings. The molecule has 0 unspecified atom stereocenters. The average Bonchev–Trinajstić information content (AvgIpc) is 3.35. The van der Waals surface area contributed by atoms with Crippen LogP contribution in [0.3, 0.4) is 0 Å². The van der Waals surface area contributed by atoms with Crippen LogP contribution in [0.4, 0.5) is 5.69 Å². The van der Waals surface area contributed by atoms with E-state index in [1.165, 1.54) is 33.5 Å². The fourth-order valence-electron chi connectivity index (χ4n) is 3.62. The van der Waals surface area contributed by atoms with E-state index in [0.717, 1.165) is 12.8 Å². The van der Waals surface area contributed by atoms with Crippen molar-refractivity contribution in [3.63, 3.8) is 0 Å². The molecule has 2 heterocycles. The molecule has 2 aliphatic heterocycles. The first-order chi connectivity index (χ1) is 15.4. The highest BCUT2D eigenvalue weighted by Gasteiger charge is 2.29. The Balaban J connectivity index is 1.35. The van der Waals surface area contributed by atoms with E-state index in [1.54, 1.807) is 24.3 Å². The number of rotatable bonds is 7. The molecule has 2 aromatic carbocycles. The Bertz CT molecular complexity index is 1140. The van der Waals surface area contributed by atoms with Gasteiger partial charge in [-0.1, -0.05) is 12.1 Å². The van der Waals surface area contributed by atoms with Crippen LogP contribution in [0.25, 0.3) is 0 Å². The monoisotopic (exact) mass is 458 g/mol. The van der Waals surface area contributed by atoms with Crippen LogP contribution >= 0.6 is 0 Å². The third-order valence-corrected chi connectivity index (χ3v) is 7.25. The maximum absolute atomic E-state index is 12.6. The minimum atomic E-state index is -3.56. The number of benzene rings is 2.